The summed E-state index contributed by atoms with van der Waals surface area (Å²) in [4.78, 5) is 39.5. The second kappa shape index (κ2) is 10.2. The zero-order valence-corrected chi connectivity index (χ0v) is 16.8. The number of benzene rings is 1. The van der Waals surface area contributed by atoms with Crippen molar-refractivity contribution in [3.63, 3.8) is 0 Å². The SMILES string of the molecule is O=C(Cc1cccc(F)c1)NCCNC(=O)C1CCCN1C(=O)Cc1cccs1. The first-order valence-electron chi connectivity index (χ1n) is 9.63. The van der Waals surface area contributed by atoms with Crippen molar-refractivity contribution >= 4 is 29.1 Å². The molecule has 1 atom stereocenters. The Kier molecular flexibility index (Phi) is 7.35. The molecule has 1 saturated heterocycles. The van der Waals surface area contributed by atoms with Gasteiger partial charge in [0.1, 0.15) is 11.9 Å². The summed E-state index contributed by atoms with van der Waals surface area (Å²) in [7, 11) is 0. The Morgan fingerprint density at radius 1 is 1.10 bits per heavy atom. The van der Waals surface area contributed by atoms with Crippen LogP contribution in [0.5, 0.6) is 0 Å². The Morgan fingerprint density at radius 2 is 1.93 bits per heavy atom. The molecule has 1 aromatic heterocycles. The van der Waals surface area contributed by atoms with Crippen molar-refractivity contribution in [2.45, 2.75) is 31.7 Å². The number of halogens is 1. The third-order valence-electron chi connectivity index (χ3n) is 4.78. The molecule has 0 radical (unpaired) electrons. The first kappa shape index (κ1) is 21.0. The molecule has 1 aliphatic rings. The molecule has 2 aromatic rings. The Labute approximate surface area is 173 Å². The number of amides is 3. The molecule has 0 saturated carbocycles. The summed E-state index contributed by atoms with van der Waals surface area (Å²) in [5, 5.41) is 7.43. The number of carbonyl (C=O) groups is 3. The van der Waals surface area contributed by atoms with E-state index in [9.17, 15) is 18.8 Å². The van der Waals surface area contributed by atoms with Gasteiger partial charge in [-0.05, 0) is 42.0 Å². The highest BCUT2D eigenvalue weighted by Gasteiger charge is 2.33. The van der Waals surface area contributed by atoms with Gasteiger partial charge in [0.2, 0.25) is 17.7 Å². The lowest BCUT2D eigenvalue weighted by Crippen LogP contribution is -2.47. The van der Waals surface area contributed by atoms with Crippen molar-refractivity contribution < 1.29 is 18.8 Å². The second-order valence-corrected chi connectivity index (χ2v) is 7.98. The van der Waals surface area contributed by atoms with E-state index >= 15 is 0 Å². The van der Waals surface area contributed by atoms with E-state index in [1.165, 1.54) is 23.5 Å². The molecule has 1 unspecified atom stereocenters. The molecule has 0 aliphatic carbocycles. The van der Waals surface area contributed by atoms with Crippen LogP contribution in [0.15, 0.2) is 41.8 Å². The highest BCUT2D eigenvalue weighted by molar-refractivity contribution is 7.10. The summed E-state index contributed by atoms with van der Waals surface area (Å²) in [6, 6.07) is 9.27. The zero-order valence-electron chi connectivity index (χ0n) is 16.0. The number of nitrogens with one attached hydrogen (secondary N) is 2. The number of rotatable bonds is 8. The quantitative estimate of drug-likeness (QED) is 0.644. The molecule has 3 rings (SSSR count). The van der Waals surface area contributed by atoms with E-state index in [2.05, 4.69) is 10.6 Å². The van der Waals surface area contributed by atoms with Gasteiger partial charge in [0.05, 0.1) is 12.8 Å². The van der Waals surface area contributed by atoms with Gasteiger partial charge < -0.3 is 15.5 Å². The van der Waals surface area contributed by atoms with Crippen molar-refractivity contribution in [2.75, 3.05) is 19.6 Å². The minimum Gasteiger partial charge on any atom is -0.354 e. The Hall–Kier alpha value is -2.74. The molecule has 6 nitrogen and oxygen atoms in total. The van der Waals surface area contributed by atoms with Gasteiger partial charge in [-0.15, -0.1) is 11.3 Å². The highest BCUT2D eigenvalue weighted by atomic mass is 32.1. The van der Waals surface area contributed by atoms with E-state index in [-0.39, 0.29) is 43.0 Å². The van der Waals surface area contributed by atoms with Gasteiger partial charge in [-0.3, -0.25) is 14.4 Å². The van der Waals surface area contributed by atoms with Crippen LogP contribution < -0.4 is 10.6 Å². The Bertz CT molecular complexity index is 857. The predicted molar refractivity (Wildman–Crippen MR) is 109 cm³/mol. The largest absolute Gasteiger partial charge is 0.354 e. The van der Waals surface area contributed by atoms with Crippen molar-refractivity contribution in [3.05, 3.63) is 58.0 Å². The van der Waals surface area contributed by atoms with Crippen LogP contribution in [-0.4, -0.2) is 48.3 Å². The number of hydrogen-bond acceptors (Lipinski definition) is 4. The molecule has 2 N–H and O–H groups in total. The monoisotopic (exact) mass is 417 g/mol. The van der Waals surface area contributed by atoms with Crippen LogP contribution in [0.2, 0.25) is 0 Å². The standard InChI is InChI=1S/C21H24FN3O3S/c22-16-5-1-4-15(12-16)13-19(26)23-8-9-24-21(28)18-7-2-10-25(18)20(27)14-17-6-3-11-29-17/h1,3-6,11-12,18H,2,7-10,13-14H2,(H,23,26)(H,24,28). The predicted octanol–water partition coefficient (Wildman–Crippen LogP) is 1.90. The average Bonchev–Trinajstić information content (AvgIpc) is 3.37. The summed E-state index contributed by atoms with van der Waals surface area (Å²) in [6.07, 6.45) is 1.85. The smallest absolute Gasteiger partial charge is 0.242 e. The van der Waals surface area contributed by atoms with Gasteiger partial charge in [-0.2, -0.15) is 0 Å². The van der Waals surface area contributed by atoms with Crippen molar-refractivity contribution in [1.82, 2.24) is 15.5 Å². The normalized spacial score (nSPS) is 15.9. The molecule has 2 heterocycles. The van der Waals surface area contributed by atoms with E-state index in [1.54, 1.807) is 17.0 Å². The molecule has 0 bridgehead atoms. The minimum atomic E-state index is -0.453. The lowest BCUT2D eigenvalue weighted by atomic mass is 10.1. The van der Waals surface area contributed by atoms with Gasteiger partial charge in [0, 0.05) is 24.5 Å². The second-order valence-electron chi connectivity index (χ2n) is 6.95. The van der Waals surface area contributed by atoms with E-state index < -0.39 is 6.04 Å². The molecule has 1 aromatic carbocycles. The van der Waals surface area contributed by atoms with E-state index in [1.807, 2.05) is 17.5 Å². The average molecular weight is 418 g/mol. The highest BCUT2D eigenvalue weighted by Crippen LogP contribution is 2.20. The third kappa shape index (κ3) is 6.12. The van der Waals surface area contributed by atoms with Gasteiger partial charge in [0.15, 0.2) is 0 Å². The van der Waals surface area contributed by atoms with Crippen LogP contribution in [0, 0.1) is 5.82 Å². The summed E-state index contributed by atoms with van der Waals surface area (Å²) < 4.78 is 13.1. The summed E-state index contributed by atoms with van der Waals surface area (Å²) in [5.74, 6) is -0.842. The summed E-state index contributed by atoms with van der Waals surface area (Å²) >= 11 is 1.53. The number of carbonyl (C=O) groups excluding carboxylic acids is 3. The van der Waals surface area contributed by atoms with Crippen LogP contribution in [-0.2, 0) is 27.2 Å². The van der Waals surface area contributed by atoms with Gasteiger partial charge >= 0.3 is 0 Å². The van der Waals surface area contributed by atoms with Crippen LogP contribution in [0.3, 0.4) is 0 Å². The van der Waals surface area contributed by atoms with E-state index in [0.717, 1.165) is 11.3 Å². The molecule has 3 amide bonds. The van der Waals surface area contributed by atoms with Gasteiger partial charge in [-0.1, -0.05) is 18.2 Å². The summed E-state index contributed by atoms with van der Waals surface area (Å²) in [6.45, 7) is 1.14. The lowest BCUT2D eigenvalue weighted by molar-refractivity contribution is -0.137. The maximum Gasteiger partial charge on any atom is 0.242 e. The Morgan fingerprint density at radius 3 is 2.69 bits per heavy atom. The van der Waals surface area contributed by atoms with Crippen molar-refractivity contribution in [3.8, 4) is 0 Å². The van der Waals surface area contributed by atoms with Crippen molar-refractivity contribution in [2.24, 2.45) is 0 Å². The van der Waals surface area contributed by atoms with Gasteiger partial charge in [0.25, 0.3) is 0 Å². The Balaban J connectivity index is 1.39. The fraction of sp³-hybridized carbons (Fsp3) is 0.381. The maximum atomic E-state index is 13.1. The van der Waals surface area contributed by atoms with E-state index in [4.69, 9.17) is 0 Å². The fourth-order valence-corrected chi connectivity index (χ4v) is 4.10. The van der Waals surface area contributed by atoms with Crippen LogP contribution in [0.25, 0.3) is 0 Å². The number of thiophene rings is 1. The molecule has 1 fully saturated rings. The molecule has 1 aliphatic heterocycles. The van der Waals surface area contributed by atoms with Crippen LogP contribution in [0.4, 0.5) is 4.39 Å². The number of nitrogens with zero attached hydrogens (tertiary/aromatic N) is 1. The molecule has 8 heteroatoms. The number of hydrogen-bond donors (Lipinski definition) is 2. The van der Waals surface area contributed by atoms with Crippen LogP contribution >= 0.6 is 11.3 Å². The van der Waals surface area contributed by atoms with Gasteiger partial charge in [-0.25, -0.2) is 4.39 Å². The molecule has 29 heavy (non-hydrogen) atoms. The molecular formula is C21H24FN3O3S. The molecular weight excluding hydrogens is 393 g/mol. The topological polar surface area (TPSA) is 78.5 Å². The lowest BCUT2D eigenvalue weighted by Gasteiger charge is -2.24. The first-order chi connectivity index (χ1) is 14.0. The molecule has 0 spiro atoms. The zero-order chi connectivity index (χ0) is 20.6. The van der Waals surface area contributed by atoms with Crippen molar-refractivity contribution in [1.29, 1.82) is 0 Å². The van der Waals surface area contributed by atoms with E-state index in [0.29, 0.717) is 24.9 Å². The maximum absolute atomic E-state index is 13.1. The van der Waals surface area contributed by atoms with Crippen LogP contribution in [0.1, 0.15) is 23.3 Å². The first-order valence-corrected chi connectivity index (χ1v) is 10.5. The number of likely N-dealkylation sites (tertiary alicyclic amines) is 1. The summed E-state index contributed by atoms with van der Waals surface area (Å²) in [5.41, 5.74) is 0.595. The third-order valence-corrected chi connectivity index (χ3v) is 5.66. The fourth-order valence-electron chi connectivity index (χ4n) is 3.40. The minimum absolute atomic E-state index is 0.0338. The molecule has 154 valence electrons.